The molecular weight excluding hydrogens is 314 g/mol. The highest BCUT2D eigenvalue weighted by Gasteiger charge is 2.35. The number of amides is 3. The third kappa shape index (κ3) is 4.48. The van der Waals surface area contributed by atoms with Gasteiger partial charge in [0, 0.05) is 38.1 Å². The maximum atomic E-state index is 12.7. The van der Waals surface area contributed by atoms with Gasteiger partial charge in [-0.25, -0.2) is 4.79 Å². The van der Waals surface area contributed by atoms with Gasteiger partial charge in [0.05, 0.1) is 0 Å². The van der Waals surface area contributed by atoms with Crippen molar-refractivity contribution in [1.82, 2.24) is 15.1 Å². The Labute approximate surface area is 152 Å². The number of rotatable bonds is 4. The Balaban J connectivity index is 1.45. The van der Waals surface area contributed by atoms with E-state index in [0.29, 0.717) is 30.5 Å². The maximum Gasteiger partial charge on any atom is 0.317 e. The quantitative estimate of drug-likeness (QED) is 0.846. The number of hydrogen-bond acceptors (Lipinski definition) is 2. The van der Waals surface area contributed by atoms with Crippen LogP contribution < -0.4 is 5.32 Å². The van der Waals surface area contributed by atoms with E-state index in [2.05, 4.69) is 19.2 Å². The van der Waals surface area contributed by atoms with Crippen molar-refractivity contribution in [3.8, 4) is 0 Å². The lowest BCUT2D eigenvalue weighted by Crippen LogP contribution is -2.48. The Kier molecular flexibility index (Phi) is 5.90. The Morgan fingerprint density at radius 2 is 1.52 bits per heavy atom. The van der Waals surface area contributed by atoms with Gasteiger partial charge in [0.2, 0.25) is 5.91 Å². The highest BCUT2D eigenvalue weighted by atomic mass is 16.2. The second-order valence-electron chi connectivity index (χ2n) is 8.37. The van der Waals surface area contributed by atoms with E-state index < -0.39 is 0 Å². The van der Waals surface area contributed by atoms with Gasteiger partial charge < -0.3 is 15.1 Å². The third-order valence-corrected chi connectivity index (χ3v) is 6.90. The van der Waals surface area contributed by atoms with Crippen LogP contribution in [0.2, 0.25) is 0 Å². The first-order chi connectivity index (χ1) is 12.1. The molecule has 5 heteroatoms. The third-order valence-electron chi connectivity index (χ3n) is 6.90. The maximum absolute atomic E-state index is 12.7. The van der Waals surface area contributed by atoms with E-state index in [9.17, 15) is 9.59 Å². The van der Waals surface area contributed by atoms with Crippen molar-refractivity contribution in [3.63, 3.8) is 0 Å². The highest BCUT2D eigenvalue weighted by Crippen LogP contribution is 2.41. The molecule has 1 N–H and O–H groups in total. The molecule has 0 unspecified atom stereocenters. The van der Waals surface area contributed by atoms with Crippen LogP contribution in [-0.4, -0.2) is 54.0 Å². The van der Waals surface area contributed by atoms with E-state index >= 15 is 0 Å². The van der Waals surface area contributed by atoms with Crippen molar-refractivity contribution >= 4 is 11.9 Å². The zero-order valence-corrected chi connectivity index (χ0v) is 16.1. The fourth-order valence-electron chi connectivity index (χ4n) is 4.53. The van der Waals surface area contributed by atoms with Crippen LogP contribution in [0.15, 0.2) is 0 Å². The van der Waals surface area contributed by atoms with E-state index in [1.807, 2.05) is 9.80 Å². The lowest BCUT2D eigenvalue weighted by atomic mass is 9.69. The fourth-order valence-corrected chi connectivity index (χ4v) is 4.53. The molecule has 25 heavy (non-hydrogen) atoms. The van der Waals surface area contributed by atoms with E-state index in [1.54, 1.807) is 0 Å². The van der Waals surface area contributed by atoms with Gasteiger partial charge in [-0.2, -0.15) is 0 Å². The fraction of sp³-hybridized carbons (Fsp3) is 0.900. The molecule has 1 heterocycles. The molecular formula is C20H35N3O2. The van der Waals surface area contributed by atoms with Crippen LogP contribution >= 0.6 is 0 Å². The van der Waals surface area contributed by atoms with Crippen molar-refractivity contribution in [1.29, 1.82) is 0 Å². The molecule has 0 aromatic heterocycles. The summed E-state index contributed by atoms with van der Waals surface area (Å²) in [5, 5.41) is 3.27. The van der Waals surface area contributed by atoms with Crippen molar-refractivity contribution in [3.05, 3.63) is 0 Å². The van der Waals surface area contributed by atoms with Crippen LogP contribution in [0.3, 0.4) is 0 Å². The zero-order chi connectivity index (χ0) is 17.9. The number of nitrogens with one attached hydrogen (secondary N) is 1. The largest absolute Gasteiger partial charge is 0.341 e. The van der Waals surface area contributed by atoms with Crippen LogP contribution in [0.1, 0.15) is 71.6 Å². The van der Waals surface area contributed by atoms with Gasteiger partial charge in [0.25, 0.3) is 0 Å². The Morgan fingerprint density at radius 3 is 2.12 bits per heavy atom. The highest BCUT2D eigenvalue weighted by molar-refractivity contribution is 5.81. The smallest absolute Gasteiger partial charge is 0.317 e. The van der Waals surface area contributed by atoms with Crippen molar-refractivity contribution in [2.75, 3.05) is 26.2 Å². The summed E-state index contributed by atoms with van der Waals surface area (Å²) in [5.41, 5.74) is 0.507. The topological polar surface area (TPSA) is 52.7 Å². The van der Waals surface area contributed by atoms with Crippen molar-refractivity contribution < 1.29 is 9.59 Å². The molecule has 5 nitrogen and oxygen atoms in total. The zero-order valence-electron chi connectivity index (χ0n) is 16.1. The SMILES string of the molecule is CCC1(CC)CCC(NC(=O)N2CCCN(C(=O)C3CC3)CC2)CC1. The summed E-state index contributed by atoms with van der Waals surface area (Å²) in [6.07, 6.45) is 10.2. The summed E-state index contributed by atoms with van der Waals surface area (Å²) in [6, 6.07) is 0.400. The Bertz CT molecular complexity index is 475. The molecule has 0 radical (unpaired) electrons. The molecule has 0 aromatic carbocycles. The second-order valence-corrected chi connectivity index (χ2v) is 8.37. The lowest BCUT2D eigenvalue weighted by Gasteiger charge is -2.39. The number of hydrogen-bond donors (Lipinski definition) is 1. The number of urea groups is 1. The molecule has 1 aliphatic heterocycles. The molecule has 0 spiro atoms. The number of carbonyl (C=O) groups is 2. The number of nitrogens with zero attached hydrogens (tertiary/aromatic N) is 2. The molecule has 1 saturated heterocycles. The first-order valence-corrected chi connectivity index (χ1v) is 10.4. The minimum Gasteiger partial charge on any atom is -0.341 e. The first-order valence-electron chi connectivity index (χ1n) is 10.4. The number of carbonyl (C=O) groups excluding carboxylic acids is 2. The van der Waals surface area contributed by atoms with E-state index in [4.69, 9.17) is 0 Å². The van der Waals surface area contributed by atoms with Crippen molar-refractivity contribution in [2.45, 2.75) is 77.7 Å². The normalized spacial score (nSPS) is 24.7. The van der Waals surface area contributed by atoms with Gasteiger partial charge >= 0.3 is 6.03 Å². The van der Waals surface area contributed by atoms with Gasteiger partial charge in [-0.1, -0.05) is 26.7 Å². The lowest BCUT2D eigenvalue weighted by molar-refractivity contribution is -0.132. The molecule has 3 aliphatic rings. The summed E-state index contributed by atoms with van der Waals surface area (Å²) in [7, 11) is 0. The van der Waals surface area contributed by atoms with Crippen LogP contribution in [-0.2, 0) is 4.79 Å². The van der Waals surface area contributed by atoms with Crippen LogP contribution in [0.4, 0.5) is 4.79 Å². The monoisotopic (exact) mass is 349 g/mol. The summed E-state index contributed by atoms with van der Waals surface area (Å²) in [6.45, 7) is 7.54. The first kappa shape index (κ1) is 18.5. The summed E-state index contributed by atoms with van der Waals surface area (Å²) in [5.74, 6) is 0.588. The molecule has 142 valence electrons. The Morgan fingerprint density at radius 1 is 0.920 bits per heavy atom. The second kappa shape index (κ2) is 7.96. The predicted molar refractivity (Wildman–Crippen MR) is 99.3 cm³/mol. The van der Waals surface area contributed by atoms with Gasteiger partial charge in [-0.3, -0.25) is 4.79 Å². The predicted octanol–water partition coefficient (Wildman–Crippen LogP) is 3.39. The minimum atomic E-state index is 0.0752. The van der Waals surface area contributed by atoms with E-state index in [-0.39, 0.29) is 11.9 Å². The average molecular weight is 350 g/mol. The van der Waals surface area contributed by atoms with E-state index in [0.717, 1.165) is 45.2 Å². The molecule has 3 fully saturated rings. The van der Waals surface area contributed by atoms with Crippen molar-refractivity contribution in [2.24, 2.45) is 11.3 Å². The molecule has 0 aromatic rings. The van der Waals surface area contributed by atoms with Crippen LogP contribution in [0.5, 0.6) is 0 Å². The van der Waals surface area contributed by atoms with Gasteiger partial charge in [0.1, 0.15) is 0 Å². The van der Waals surface area contributed by atoms with E-state index in [1.165, 1.54) is 25.7 Å². The van der Waals surface area contributed by atoms with Gasteiger partial charge in [-0.15, -0.1) is 0 Å². The molecule has 0 atom stereocenters. The van der Waals surface area contributed by atoms with Gasteiger partial charge in [0.15, 0.2) is 0 Å². The average Bonchev–Trinajstić information content (AvgIpc) is 3.48. The van der Waals surface area contributed by atoms with Gasteiger partial charge in [-0.05, 0) is 50.4 Å². The summed E-state index contributed by atoms with van der Waals surface area (Å²) >= 11 is 0. The summed E-state index contributed by atoms with van der Waals surface area (Å²) in [4.78, 5) is 28.8. The molecule has 0 bridgehead atoms. The molecule has 2 saturated carbocycles. The minimum absolute atomic E-state index is 0.0752. The Hall–Kier alpha value is -1.26. The molecule has 2 aliphatic carbocycles. The van der Waals surface area contributed by atoms with Crippen LogP contribution in [0, 0.1) is 11.3 Å². The summed E-state index contributed by atoms with van der Waals surface area (Å²) < 4.78 is 0. The van der Waals surface area contributed by atoms with Crippen LogP contribution in [0.25, 0.3) is 0 Å². The molecule has 3 amide bonds. The molecule has 3 rings (SSSR count). The standard InChI is InChI=1S/C20H35N3O2/c1-3-20(4-2)10-8-17(9-11-20)21-19(25)23-13-5-12-22(14-15-23)18(24)16-6-7-16/h16-17H,3-15H2,1-2H3,(H,21,25).